The molecular formula is C51H54F3N7O7S2. The molecule has 0 spiro atoms. The van der Waals surface area contributed by atoms with Gasteiger partial charge in [-0.1, -0.05) is 19.4 Å². The summed E-state index contributed by atoms with van der Waals surface area (Å²) in [4.78, 5) is 38.0. The van der Waals surface area contributed by atoms with Crippen molar-refractivity contribution in [2.75, 3.05) is 49.5 Å². The van der Waals surface area contributed by atoms with Gasteiger partial charge in [0.1, 0.15) is 28.7 Å². The molecule has 0 bridgehead atoms. The molecule has 9 rings (SSSR count). The third kappa shape index (κ3) is 10.9. The zero-order chi connectivity index (χ0) is 49.5. The first kappa shape index (κ1) is 48.7. The maximum Gasteiger partial charge on any atom is 0.293 e. The van der Waals surface area contributed by atoms with E-state index in [-0.39, 0.29) is 33.9 Å². The number of anilines is 2. The molecule has 4 heterocycles. The molecule has 2 aliphatic carbocycles. The number of H-pyrrole nitrogens is 1. The molecular weight excluding hydrogens is 944 g/mol. The van der Waals surface area contributed by atoms with E-state index in [1.807, 2.05) is 12.1 Å². The zero-order valence-electron chi connectivity index (χ0n) is 39.0. The number of pyridine rings is 1. The van der Waals surface area contributed by atoms with Crippen molar-refractivity contribution in [3.8, 4) is 22.6 Å². The Bertz CT molecular complexity index is 3120. The van der Waals surface area contributed by atoms with E-state index in [1.165, 1.54) is 46.9 Å². The number of nitrogens with one attached hydrogen (secondary N) is 3. The number of hydrogen-bond donors (Lipinski definition) is 4. The van der Waals surface area contributed by atoms with Gasteiger partial charge in [-0.3, -0.25) is 19.8 Å². The van der Waals surface area contributed by atoms with E-state index in [1.54, 1.807) is 36.7 Å². The first-order valence-corrected chi connectivity index (χ1v) is 25.6. The number of piperazine rings is 1. The molecule has 19 heteroatoms. The number of carbonyl (C=O) groups is 1. The van der Waals surface area contributed by atoms with Gasteiger partial charge in [-0.05, 0) is 128 Å². The van der Waals surface area contributed by atoms with Crippen LogP contribution in [0.5, 0.6) is 11.5 Å². The van der Waals surface area contributed by atoms with Gasteiger partial charge in [0.25, 0.3) is 21.6 Å². The first-order chi connectivity index (χ1) is 33.3. The van der Waals surface area contributed by atoms with E-state index in [0.717, 1.165) is 66.7 Å². The lowest BCUT2D eigenvalue weighted by Crippen LogP contribution is -2.47. The fourth-order valence-electron chi connectivity index (χ4n) is 9.64. The number of aromatic nitrogens is 2. The summed E-state index contributed by atoms with van der Waals surface area (Å²) in [7, 11) is -4.63. The third-order valence-corrected chi connectivity index (χ3v) is 16.2. The van der Waals surface area contributed by atoms with Gasteiger partial charge in [-0.2, -0.15) is 0 Å². The number of nitro benzene ring substituents is 1. The molecule has 6 aromatic rings. The molecule has 0 unspecified atom stereocenters. The van der Waals surface area contributed by atoms with Crippen molar-refractivity contribution in [2.45, 2.75) is 76.2 Å². The summed E-state index contributed by atoms with van der Waals surface area (Å²) in [5.74, 6) is -3.61. The van der Waals surface area contributed by atoms with Crippen molar-refractivity contribution in [3.05, 3.63) is 128 Å². The monoisotopic (exact) mass is 997 g/mol. The number of halogens is 3. The third-order valence-electron chi connectivity index (χ3n) is 13.8. The number of nitro groups is 1. The van der Waals surface area contributed by atoms with Crippen molar-refractivity contribution >= 4 is 60.9 Å². The molecule has 3 aliphatic rings. The van der Waals surface area contributed by atoms with Crippen LogP contribution >= 0.6 is 11.3 Å². The highest BCUT2D eigenvalue weighted by atomic mass is 32.2. The van der Waals surface area contributed by atoms with E-state index < -0.39 is 54.5 Å². The number of thiophene rings is 1. The maximum absolute atomic E-state index is 14.8. The molecule has 3 aromatic heterocycles. The Hall–Kier alpha value is -6.28. The average Bonchev–Trinajstić information content (AvgIpc) is 4.01. The van der Waals surface area contributed by atoms with Crippen LogP contribution in [0.2, 0.25) is 0 Å². The van der Waals surface area contributed by atoms with Gasteiger partial charge in [0.05, 0.1) is 27.2 Å². The van der Waals surface area contributed by atoms with E-state index in [9.17, 15) is 41.6 Å². The molecule has 2 fully saturated rings. The van der Waals surface area contributed by atoms with Crippen LogP contribution in [-0.2, 0) is 10.0 Å². The van der Waals surface area contributed by atoms with E-state index in [4.69, 9.17) is 4.74 Å². The van der Waals surface area contributed by atoms with Crippen LogP contribution in [0.25, 0.3) is 27.7 Å². The Labute approximate surface area is 407 Å². The van der Waals surface area contributed by atoms with Gasteiger partial charge in [-0.25, -0.2) is 31.3 Å². The number of aromatic amines is 1. The Morgan fingerprint density at radius 1 is 0.971 bits per heavy atom. The molecule has 0 radical (unpaired) electrons. The van der Waals surface area contributed by atoms with Crippen LogP contribution in [0.3, 0.4) is 0 Å². The number of ether oxygens (including phenoxy) is 1. The highest BCUT2D eigenvalue weighted by Crippen LogP contribution is 2.46. The van der Waals surface area contributed by atoms with Crippen molar-refractivity contribution < 1.29 is 41.2 Å². The number of amides is 1. The highest BCUT2D eigenvalue weighted by molar-refractivity contribution is 7.90. The average molecular weight is 998 g/mol. The van der Waals surface area contributed by atoms with E-state index >= 15 is 0 Å². The number of hydrogen-bond acceptors (Lipinski definition) is 12. The standard InChI is InChI=1S/C51H54F3N7O7S2/c1-50(2)12-10-33(40(26-50)47-21-34(30-69-47)39-24-42(53)43(54)25-41(39)52)29-59-16-18-60(19-17-59)35-4-6-38(46(22-35)68-36-20-32-11-15-55-48(32)57-28-36)49(62)58-70(66,67)37-5-7-44(45(23-37)61(64)65)56-27-31-8-13-51(3,63)14-9-31/h4-7,11,15,20-25,28,30-31,56,63H,8-10,12-14,16-19,26-27,29H2,1-3H3,(H,55,57)(H,58,62). The largest absolute Gasteiger partial charge is 0.455 e. The van der Waals surface area contributed by atoms with Crippen molar-refractivity contribution in [1.29, 1.82) is 0 Å². The SMILES string of the molecule is CC1(C)CCC(CN2CCN(c3ccc(C(=O)NS(=O)(=O)c4ccc(NCC5CCC(C)(O)CC5)c([N+](=O)[O-])c4)c(Oc4cnc5[nH]ccc5c4)c3)CC2)=C(c2cc(-c3cc(F)c(F)cc3F)cs2)C1. The van der Waals surface area contributed by atoms with Gasteiger partial charge >= 0.3 is 0 Å². The number of carbonyl (C=O) groups excluding carboxylic acids is 1. The summed E-state index contributed by atoms with van der Waals surface area (Å²) in [5, 5.41) is 28.1. The topological polar surface area (TPSA) is 183 Å². The number of nitrogens with zero attached hydrogens (tertiary/aromatic N) is 4. The summed E-state index contributed by atoms with van der Waals surface area (Å²) in [6, 6.07) is 15.3. The minimum atomic E-state index is -4.63. The van der Waals surface area contributed by atoms with Crippen molar-refractivity contribution in [1.82, 2.24) is 19.6 Å². The second-order valence-corrected chi connectivity index (χ2v) is 22.3. The van der Waals surface area contributed by atoms with Crippen molar-refractivity contribution in [3.63, 3.8) is 0 Å². The van der Waals surface area contributed by atoms with Crippen molar-refractivity contribution in [2.24, 2.45) is 11.3 Å². The minimum Gasteiger partial charge on any atom is -0.455 e. The normalized spacial score (nSPS) is 19.9. The predicted molar refractivity (Wildman–Crippen MR) is 264 cm³/mol. The Morgan fingerprint density at radius 2 is 1.73 bits per heavy atom. The molecule has 3 aromatic carbocycles. The number of fused-ring (bicyclic) bond motifs is 1. The predicted octanol–water partition coefficient (Wildman–Crippen LogP) is 10.7. The smallest absolute Gasteiger partial charge is 0.293 e. The lowest BCUT2D eigenvalue weighted by Gasteiger charge is -2.39. The molecule has 0 atom stereocenters. The fourth-order valence-corrected chi connectivity index (χ4v) is 11.6. The summed E-state index contributed by atoms with van der Waals surface area (Å²) >= 11 is 1.47. The molecule has 1 amide bonds. The van der Waals surface area contributed by atoms with Crippen LogP contribution < -0.4 is 19.7 Å². The first-order valence-electron chi connectivity index (χ1n) is 23.3. The zero-order valence-corrected chi connectivity index (χ0v) is 40.6. The molecule has 368 valence electrons. The van der Waals surface area contributed by atoms with E-state index in [2.05, 4.69) is 43.7 Å². The van der Waals surface area contributed by atoms with Crippen LogP contribution in [0.15, 0.2) is 95.0 Å². The van der Waals surface area contributed by atoms with Crippen LogP contribution in [0.4, 0.5) is 30.2 Å². The molecule has 1 saturated carbocycles. The van der Waals surface area contributed by atoms with Gasteiger partial charge in [0.15, 0.2) is 11.6 Å². The van der Waals surface area contributed by atoms with Gasteiger partial charge in [0.2, 0.25) is 0 Å². The Balaban J connectivity index is 0.917. The Morgan fingerprint density at radius 3 is 2.49 bits per heavy atom. The van der Waals surface area contributed by atoms with Gasteiger partial charge in [-0.15, -0.1) is 11.3 Å². The van der Waals surface area contributed by atoms with Gasteiger partial charge < -0.3 is 25.0 Å². The number of aliphatic hydroxyl groups is 1. The molecule has 1 aliphatic heterocycles. The van der Waals surface area contributed by atoms with Crippen LogP contribution in [-0.4, -0.2) is 84.1 Å². The molecule has 70 heavy (non-hydrogen) atoms. The second-order valence-electron chi connectivity index (χ2n) is 19.7. The molecule has 4 N–H and O–H groups in total. The summed E-state index contributed by atoms with van der Waals surface area (Å²) in [6.45, 7) is 10.0. The summed E-state index contributed by atoms with van der Waals surface area (Å²) in [5.41, 5.74) is 3.25. The van der Waals surface area contributed by atoms with Crippen LogP contribution in [0.1, 0.15) is 81.0 Å². The number of rotatable bonds is 14. The number of benzene rings is 3. The number of allylic oxidation sites excluding steroid dienone is 1. The quantitative estimate of drug-likeness (QED) is 0.0463. The molecule has 1 saturated heterocycles. The van der Waals surface area contributed by atoms with Gasteiger partial charge in [0, 0.05) is 85.2 Å². The Kier molecular flexibility index (Phi) is 13.6. The lowest BCUT2D eigenvalue weighted by atomic mass is 9.73. The lowest BCUT2D eigenvalue weighted by molar-refractivity contribution is -0.384. The maximum atomic E-state index is 14.8. The van der Waals surface area contributed by atoms with Crippen LogP contribution in [0, 0.1) is 38.9 Å². The second kappa shape index (κ2) is 19.5. The summed E-state index contributed by atoms with van der Waals surface area (Å²) < 4.78 is 78.6. The highest BCUT2D eigenvalue weighted by Gasteiger charge is 2.32. The fraction of sp³-hybridized carbons (Fsp3) is 0.373. The summed E-state index contributed by atoms with van der Waals surface area (Å²) in [6.07, 6.45) is 8.62. The van der Waals surface area contributed by atoms with E-state index in [0.29, 0.717) is 68.6 Å². The molecule has 14 nitrogen and oxygen atoms in total. The minimum absolute atomic E-state index is 0.0198. The number of sulfonamides is 1.